The lowest BCUT2D eigenvalue weighted by Crippen LogP contribution is -2.41. The molecule has 10 heteroatoms. The molecular weight excluding hydrogens is 502 g/mol. The first-order valence-electron chi connectivity index (χ1n) is 13.7. The normalized spacial score (nSPS) is 24.1. The molecule has 3 fully saturated rings. The van der Waals surface area contributed by atoms with E-state index in [2.05, 4.69) is 9.55 Å². The Hall–Kier alpha value is -3.53. The molecule has 2 N–H and O–H groups in total. The van der Waals surface area contributed by atoms with E-state index in [0.717, 1.165) is 29.6 Å². The average molecular weight is 535 g/mol. The number of hydrogen-bond acceptors (Lipinski definition) is 5. The third-order valence-corrected chi connectivity index (χ3v) is 9.00. The summed E-state index contributed by atoms with van der Waals surface area (Å²) < 4.78 is 37.6. The Kier molecular flexibility index (Phi) is 5.49. The van der Waals surface area contributed by atoms with Crippen LogP contribution >= 0.6 is 0 Å². The molecular formula is C29H32F2N6O2. The van der Waals surface area contributed by atoms with Crippen molar-refractivity contribution < 1.29 is 18.3 Å². The lowest BCUT2D eigenvalue weighted by atomic mass is 9.81. The molecule has 3 aromatic heterocycles. The lowest BCUT2D eigenvalue weighted by Gasteiger charge is -2.35. The van der Waals surface area contributed by atoms with Crippen LogP contribution in [0.15, 0.2) is 36.5 Å². The number of piperidine rings is 1. The number of nitrogens with two attached hydrogens (primary N) is 1. The van der Waals surface area contributed by atoms with Crippen LogP contribution in [0.3, 0.4) is 0 Å². The van der Waals surface area contributed by atoms with Crippen LogP contribution in [0.2, 0.25) is 0 Å². The van der Waals surface area contributed by atoms with Gasteiger partial charge in [-0.05, 0) is 61.9 Å². The van der Waals surface area contributed by atoms with Crippen molar-refractivity contribution in [3.63, 3.8) is 0 Å². The molecule has 4 heterocycles. The maximum Gasteiger partial charge on any atom is 0.254 e. The van der Waals surface area contributed by atoms with Crippen LogP contribution < -0.4 is 10.5 Å². The number of carbonyl (C=O) groups excluding carboxylic acids is 1. The average Bonchev–Trinajstić information content (AvgIpc) is 3.66. The second-order valence-corrected chi connectivity index (χ2v) is 11.4. The molecule has 39 heavy (non-hydrogen) atoms. The van der Waals surface area contributed by atoms with Gasteiger partial charge in [0, 0.05) is 61.7 Å². The Morgan fingerprint density at radius 3 is 2.69 bits per heavy atom. The van der Waals surface area contributed by atoms with Gasteiger partial charge in [0.1, 0.15) is 16.9 Å². The van der Waals surface area contributed by atoms with Crippen molar-refractivity contribution in [3.8, 4) is 17.3 Å². The number of rotatable bonds is 6. The molecule has 1 aliphatic heterocycles. The van der Waals surface area contributed by atoms with Gasteiger partial charge in [0.2, 0.25) is 5.92 Å². The molecule has 0 radical (unpaired) electrons. The van der Waals surface area contributed by atoms with Gasteiger partial charge in [0.05, 0.1) is 18.3 Å². The first-order chi connectivity index (χ1) is 18.8. The summed E-state index contributed by atoms with van der Waals surface area (Å²) >= 11 is 0. The Balaban J connectivity index is 1.38. The van der Waals surface area contributed by atoms with E-state index in [4.69, 9.17) is 15.5 Å². The highest BCUT2D eigenvalue weighted by Gasteiger charge is 2.47. The van der Waals surface area contributed by atoms with Crippen LogP contribution in [0.4, 0.5) is 8.78 Å². The zero-order chi connectivity index (χ0) is 27.1. The van der Waals surface area contributed by atoms with Crippen LogP contribution in [-0.4, -0.2) is 61.6 Å². The van der Waals surface area contributed by atoms with Crippen molar-refractivity contribution in [3.05, 3.63) is 42.1 Å². The molecule has 0 spiro atoms. The smallest absolute Gasteiger partial charge is 0.254 e. The molecule has 1 amide bonds. The van der Waals surface area contributed by atoms with Gasteiger partial charge in [-0.2, -0.15) is 0 Å². The van der Waals surface area contributed by atoms with Gasteiger partial charge in [-0.1, -0.05) is 0 Å². The summed E-state index contributed by atoms with van der Waals surface area (Å²) in [5, 5.41) is 0.978. The molecule has 3 atom stereocenters. The summed E-state index contributed by atoms with van der Waals surface area (Å²) in [7, 11) is 1.57. The van der Waals surface area contributed by atoms with E-state index in [-0.39, 0.29) is 36.8 Å². The van der Waals surface area contributed by atoms with Crippen LogP contribution in [-0.2, 0) is 13.1 Å². The number of ether oxygens (including phenoxy) is 1. The number of nitrogens with zero attached hydrogens (tertiary/aromatic N) is 5. The molecule has 1 saturated heterocycles. The fourth-order valence-electron chi connectivity index (χ4n) is 7.09. The third-order valence-electron chi connectivity index (χ3n) is 9.00. The summed E-state index contributed by atoms with van der Waals surface area (Å²) in [6.45, 7) is 3.76. The number of pyridine rings is 1. The first kappa shape index (κ1) is 24.5. The highest BCUT2D eigenvalue weighted by atomic mass is 19.3. The molecule has 204 valence electrons. The molecule has 2 bridgehead atoms. The number of imidazole rings is 1. The van der Waals surface area contributed by atoms with Crippen LogP contribution in [0.25, 0.3) is 33.6 Å². The van der Waals surface area contributed by atoms with E-state index in [1.165, 1.54) is 0 Å². The van der Waals surface area contributed by atoms with E-state index >= 15 is 0 Å². The number of aryl methyl sites for hydroxylation is 1. The maximum atomic E-state index is 13.8. The Labute approximate surface area is 224 Å². The second-order valence-electron chi connectivity index (χ2n) is 11.4. The highest BCUT2D eigenvalue weighted by molar-refractivity contribution is 6.00. The monoisotopic (exact) mass is 534 g/mol. The van der Waals surface area contributed by atoms with Crippen molar-refractivity contribution >= 4 is 28.0 Å². The molecule has 0 unspecified atom stereocenters. The number of amides is 1. The van der Waals surface area contributed by atoms with Crippen molar-refractivity contribution in [1.82, 2.24) is 24.0 Å². The SMILES string of the molecule is CCn1c(-c2nc3cc(C(=O)N4C[C@H]5CC[C@@H]4[C@@H]5N)cc(OC)c3n2CC2CC(F)(F)C2)cc2cccnc21. The molecule has 4 aromatic rings. The minimum atomic E-state index is -2.62. The van der Waals surface area contributed by atoms with Gasteiger partial charge in [-0.25, -0.2) is 18.7 Å². The van der Waals surface area contributed by atoms with Gasteiger partial charge in [-0.15, -0.1) is 0 Å². The summed E-state index contributed by atoms with van der Waals surface area (Å²) in [4.78, 5) is 25.2. The largest absolute Gasteiger partial charge is 0.494 e. The van der Waals surface area contributed by atoms with Gasteiger partial charge in [0.15, 0.2) is 5.82 Å². The van der Waals surface area contributed by atoms with E-state index in [1.54, 1.807) is 19.4 Å². The minimum absolute atomic E-state index is 0.0237. The molecule has 2 aliphatic carbocycles. The predicted molar refractivity (Wildman–Crippen MR) is 144 cm³/mol. The molecule has 1 aromatic carbocycles. The van der Waals surface area contributed by atoms with E-state index in [9.17, 15) is 13.6 Å². The standard InChI is InChI=1S/C29H32F2N6O2/c1-3-35-22(10-17-5-4-8-33-26(17)35)27-34-20-9-19(28(38)36-15-18-6-7-21(36)24(18)32)11-23(39-2)25(20)37(27)14-16-12-29(30,31)13-16/h4-5,8-11,16,18,21,24H,3,6-7,12-15,32H2,1-2H3/t18-,21-,24-/m1/s1. The Morgan fingerprint density at radius 1 is 1.21 bits per heavy atom. The second kappa shape index (κ2) is 8.74. The number of alkyl halides is 2. The summed E-state index contributed by atoms with van der Waals surface area (Å²) in [6, 6.07) is 9.59. The van der Waals surface area contributed by atoms with Crippen LogP contribution in [0.5, 0.6) is 5.75 Å². The zero-order valence-electron chi connectivity index (χ0n) is 22.1. The van der Waals surface area contributed by atoms with Crippen molar-refractivity contribution in [2.24, 2.45) is 17.6 Å². The van der Waals surface area contributed by atoms with Gasteiger partial charge >= 0.3 is 0 Å². The number of methoxy groups -OCH3 is 1. The van der Waals surface area contributed by atoms with Crippen molar-refractivity contribution in [2.75, 3.05) is 13.7 Å². The molecule has 3 aliphatic rings. The minimum Gasteiger partial charge on any atom is -0.494 e. The number of hydrogen-bond donors (Lipinski definition) is 1. The number of halogens is 2. The number of fused-ring (bicyclic) bond motifs is 4. The Morgan fingerprint density at radius 2 is 2.03 bits per heavy atom. The third kappa shape index (κ3) is 3.75. The fourth-order valence-corrected chi connectivity index (χ4v) is 7.09. The summed E-state index contributed by atoms with van der Waals surface area (Å²) in [6.07, 6.45) is 3.45. The van der Waals surface area contributed by atoms with Gasteiger partial charge in [0.25, 0.3) is 5.91 Å². The first-order valence-corrected chi connectivity index (χ1v) is 13.7. The summed E-state index contributed by atoms with van der Waals surface area (Å²) in [5.74, 6) is -1.36. The summed E-state index contributed by atoms with van der Waals surface area (Å²) in [5.41, 5.74) is 9.88. The topological polar surface area (TPSA) is 91.2 Å². The van der Waals surface area contributed by atoms with E-state index in [1.807, 2.05) is 40.7 Å². The van der Waals surface area contributed by atoms with Crippen LogP contribution in [0.1, 0.15) is 43.0 Å². The number of aromatic nitrogens is 4. The van der Waals surface area contributed by atoms with Crippen molar-refractivity contribution in [2.45, 2.75) is 63.7 Å². The zero-order valence-corrected chi connectivity index (χ0v) is 22.1. The fraction of sp³-hybridized carbons (Fsp3) is 0.483. The molecule has 2 saturated carbocycles. The van der Waals surface area contributed by atoms with E-state index in [0.29, 0.717) is 53.7 Å². The molecule has 7 rings (SSSR count). The Bertz CT molecular complexity index is 1600. The van der Waals surface area contributed by atoms with E-state index < -0.39 is 5.92 Å². The molecule has 8 nitrogen and oxygen atoms in total. The number of carbonyl (C=O) groups is 1. The van der Waals surface area contributed by atoms with Gasteiger partial charge in [-0.3, -0.25) is 4.79 Å². The lowest BCUT2D eigenvalue weighted by molar-refractivity contribution is -0.113. The van der Waals surface area contributed by atoms with Crippen LogP contribution in [0, 0.1) is 11.8 Å². The van der Waals surface area contributed by atoms with Gasteiger partial charge < -0.3 is 24.5 Å². The predicted octanol–water partition coefficient (Wildman–Crippen LogP) is 4.69. The highest BCUT2D eigenvalue weighted by Crippen LogP contribution is 2.45. The number of likely N-dealkylation sites (tertiary alicyclic amines) is 1. The quantitative estimate of drug-likeness (QED) is 0.388. The maximum absolute atomic E-state index is 13.8. The van der Waals surface area contributed by atoms with Crippen molar-refractivity contribution in [1.29, 1.82) is 0 Å². The number of benzene rings is 1.